The number of likely N-dealkylation sites (tertiary alicyclic amines) is 1. The van der Waals surface area contributed by atoms with E-state index in [-0.39, 0.29) is 17.9 Å². The quantitative estimate of drug-likeness (QED) is 0.887. The Balaban J connectivity index is 1.54. The lowest BCUT2D eigenvalue weighted by molar-refractivity contribution is -0.136. The minimum atomic E-state index is -0.903. The highest BCUT2D eigenvalue weighted by atomic mass is 16.4. The van der Waals surface area contributed by atoms with Crippen LogP contribution in [0.3, 0.4) is 0 Å². The molecule has 0 aromatic heterocycles. The summed E-state index contributed by atoms with van der Waals surface area (Å²) >= 11 is 0. The summed E-state index contributed by atoms with van der Waals surface area (Å²) in [4.78, 5) is 25.6. The van der Waals surface area contributed by atoms with E-state index in [1.165, 1.54) is 0 Å². The Labute approximate surface area is 142 Å². The van der Waals surface area contributed by atoms with Gasteiger partial charge in [-0.3, -0.25) is 4.79 Å². The lowest BCUT2D eigenvalue weighted by Crippen LogP contribution is -2.37. The molecule has 0 spiro atoms. The molecule has 2 fully saturated rings. The zero-order valence-electron chi connectivity index (χ0n) is 13.9. The molecule has 1 aromatic carbocycles. The van der Waals surface area contributed by atoms with Crippen LogP contribution in [0.2, 0.25) is 0 Å². The van der Waals surface area contributed by atoms with Crippen molar-refractivity contribution in [1.29, 1.82) is 0 Å². The number of nitrogens with zero attached hydrogens (tertiary/aromatic N) is 1. The molecule has 0 radical (unpaired) electrons. The molecule has 1 atom stereocenters. The molecule has 2 N–H and O–H groups in total. The predicted octanol–water partition coefficient (Wildman–Crippen LogP) is 2.33. The maximum atomic E-state index is 12.6. The summed E-state index contributed by atoms with van der Waals surface area (Å²) in [6.07, 6.45) is 4.60. The van der Waals surface area contributed by atoms with E-state index in [1.54, 1.807) is 18.2 Å². The van der Waals surface area contributed by atoms with Crippen molar-refractivity contribution in [3.63, 3.8) is 0 Å². The number of aliphatic hydroxyl groups is 1. The van der Waals surface area contributed by atoms with Crippen LogP contribution < -0.4 is 0 Å². The molecule has 1 saturated carbocycles. The van der Waals surface area contributed by atoms with Gasteiger partial charge in [0.25, 0.3) is 0 Å². The molecule has 1 amide bonds. The third-order valence-corrected chi connectivity index (χ3v) is 5.34. The third kappa shape index (κ3) is 3.96. The average molecular weight is 331 g/mol. The number of carbonyl (C=O) groups is 2. The van der Waals surface area contributed by atoms with Crippen molar-refractivity contribution >= 4 is 11.9 Å². The number of aromatic carboxylic acids is 1. The van der Waals surface area contributed by atoms with Gasteiger partial charge in [-0.05, 0) is 62.1 Å². The lowest BCUT2D eigenvalue weighted by Gasteiger charge is -2.28. The normalized spacial score (nSPS) is 27.2. The summed E-state index contributed by atoms with van der Waals surface area (Å²) in [7, 11) is 0. The molecule has 1 aliphatic heterocycles. The zero-order chi connectivity index (χ0) is 17.1. The van der Waals surface area contributed by atoms with Crippen molar-refractivity contribution in [2.45, 2.75) is 44.6 Å². The van der Waals surface area contributed by atoms with Crippen LogP contribution in [0.15, 0.2) is 24.3 Å². The van der Waals surface area contributed by atoms with Crippen molar-refractivity contribution in [3.05, 3.63) is 35.4 Å². The molecule has 1 heterocycles. The SMILES string of the molecule is O=C(O)c1cccc(C[C@@H]2CCN(C(=O)C3CCC(O)CC3)C2)c1. The maximum absolute atomic E-state index is 12.6. The number of rotatable bonds is 4. The number of amides is 1. The first-order valence-electron chi connectivity index (χ1n) is 8.82. The monoisotopic (exact) mass is 331 g/mol. The fourth-order valence-electron chi connectivity index (χ4n) is 3.95. The van der Waals surface area contributed by atoms with Gasteiger partial charge in [0.1, 0.15) is 0 Å². The van der Waals surface area contributed by atoms with Gasteiger partial charge in [-0.25, -0.2) is 4.79 Å². The highest BCUT2D eigenvalue weighted by molar-refractivity contribution is 5.87. The number of benzene rings is 1. The molecule has 0 bridgehead atoms. The smallest absolute Gasteiger partial charge is 0.335 e. The van der Waals surface area contributed by atoms with E-state index in [1.807, 2.05) is 11.0 Å². The Morgan fingerprint density at radius 3 is 2.58 bits per heavy atom. The van der Waals surface area contributed by atoms with Crippen molar-refractivity contribution in [2.75, 3.05) is 13.1 Å². The summed E-state index contributed by atoms with van der Waals surface area (Å²) in [5, 5.41) is 18.7. The first-order valence-corrected chi connectivity index (χ1v) is 8.82. The molecule has 1 saturated heterocycles. The third-order valence-electron chi connectivity index (χ3n) is 5.34. The van der Waals surface area contributed by atoms with E-state index in [4.69, 9.17) is 5.11 Å². The molecule has 3 rings (SSSR count). The van der Waals surface area contributed by atoms with Crippen LogP contribution in [-0.2, 0) is 11.2 Å². The van der Waals surface area contributed by atoms with Gasteiger partial charge in [0, 0.05) is 19.0 Å². The average Bonchev–Trinajstić information content (AvgIpc) is 3.03. The van der Waals surface area contributed by atoms with Gasteiger partial charge in [-0.1, -0.05) is 12.1 Å². The molecule has 1 aromatic rings. The fourth-order valence-corrected chi connectivity index (χ4v) is 3.95. The van der Waals surface area contributed by atoms with E-state index in [0.29, 0.717) is 11.5 Å². The van der Waals surface area contributed by atoms with E-state index in [9.17, 15) is 14.7 Å². The number of carbonyl (C=O) groups excluding carboxylic acids is 1. The molecule has 0 unspecified atom stereocenters. The van der Waals surface area contributed by atoms with Gasteiger partial charge in [0.15, 0.2) is 0 Å². The van der Waals surface area contributed by atoms with Gasteiger partial charge in [-0.15, -0.1) is 0 Å². The van der Waals surface area contributed by atoms with E-state index < -0.39 is 5.97 Å². The summed E-state index contributed by atoms with van der Waals surface area (Å²) in [5.74, 6) is -0.196. The lowest BCUT2D eigenvalue weighted by atomic mass is 9.86. The molecule has 130 valence electrons. The Hall–Kier alpha value is -1.88. The first kappa shape index (κ1) is 17.0. The number of hydrogen-bond donors (Lipinski definition) is 2. The van der Waals surface area contributed by atoms with E-state index in [2.05, 4.69) is 0 Å². The highest BCUT2D eigenvalue weighted by Crippen LogP contribution is 2.29. The van der Waals surface area contributed by atoms with Crippen LogP contribution in [0.25, 0.3) is 0 Å². The number of hydrogen-bond acceptors (Lipinski definition) is 3. The molecular formula is C19H25NO4. The van der Waals surface area contributed by atoms with E-state index >= 15 is 0 Å². The van der Waals surface area contributed by atoms with Crippen molar-refractivity contribution in [1.82, 2.24) is 4.90 Å². The minimum absolute atomic E-state index is 0.0717. The second-order valence-electron chi connectivity index (χ2n) is 7.15. The zero-order valence-corrected chi connectivity index (χ0v) is 13.9. The maximum Gasteiger partial charge on any atom is 0.335 e. The second-order valence-corrected chi connectivity index (χ2v) is 7.15. The summed E-state index contributed by atoms with van der Waals surface area (Å²) < 4.78 is 0. The Morgan fingerprint density at radius 2 is 1.88 bits per heavy atom. The molecule has 24 heavy (non-hydrogen) atoms. The van der Waals surface area contributed by atoms with Crippen LogP contribution in [0, 0.1) is 11.8 Å². The first-order chi connectivity index (χ1) is 11.5. The van der Waals surface area contributed by atoms with Crippen LogP contribution in [-0.4, -0.2) is 46.2 Å². The standard InChI is InChI=1S/C19H25NO4/c21-17-6-4-15(5-7-17)18(22)20-9-8-14(12-20)10-13-2-1-3-16(11-13)19(23)24/h1-3,11,14-15,17,21H,4-10,12H2,(H,23,24)/t14-,15?,17?/m0/s1. The number of aliphatic hydroxyl groups excluding tert-OH is 1. The summed E-state index contributed by atoms with van der Waals surface area (Å²) in [6.45, 7) is 1.55. The highest BCUT2D eigenvalue weighted by Gasteiger charge is 2.32. The number of carboxylic acids is 1. The Morgan fingerprint density at radius 1 is 1.12 bits per heavy atom. The second kappa shape index (κ2) is 7.34. The van der Waals surface area contributed by atoms with Gasteiger partial charge < -0.3 is 15.1 Å². The summed E-state index contributed by atoms with van der Waals surface area (Å²) in [6, 6.07) is 7.08. The Bertz CT molecular complexity index is 607. The topological polar surface area (TPSA) is 77.8 Å². The van der Waals surface area contributed by atoms with E-state index in [0.717, 1.165) is 57.2 Å². The number of carboxylic acid groups (broad SMARTS) is 1. The van der Waals surface area contributed by atoms with Gasteiger partial charge in [-0.2, -0.15) is 0 Å². The van der Waals surface area contributed by atoms with Gasteiger partial charge in [0.05, 0.1) is 11.7 Å². The minimum Gasteiger partial charge on any atom is -0.478 e. The Kier molecular flexibility index (Phi) is 5.19. The van der Waals surface area contributed by atoms with Crippen molar-refractivity contribution in [2.24, 2.45) is 11.8 Å². The van der Waals surface area contributed by atoms with Gasteiger partial charge in [0.2, 0.25) is 5.91 Å². The molecule has 5 nitrogen and oxygen atoms in total. The van der Waals surface area contributed by atoms with Crippen LogP contribution >= 0.6 is 0 Å². The molecule has 2 aliphatic rings. The molecule has 5 heteroatoms. The molecule has 1 aliphatic carbocycles. The predicted molar refractivity (Wildman–Crippen MR) is 89.8 cm³/mol. The van der Waals surface area contributed by atoms with Crippen molar-refractivity contribution in [3.8, 4) is 0 Å². The molecular weight excluding hydrogens is 306 g/mol. The van der Waals surface area contributed by atoms with Crippen LogP contribution in [0.1, 0.15) is 48.0 Å². The van der Waals surface area contributed by atoms with Gasteiger partial charge >= 0.3 is 5.97 Å². The fraction of sp³-hybridized carbons (Fsp3) is 0.579. The van der Waals surface area contributed by atoms with Crippen LogP contribution in [0.5, 0.6) is 0 Å². The van der Waals surface area contributed by atoms with Crippen molar-refractivity contribution < 1.29 is 19.8 Å². The van der Waals surface area contributed by atoms with Crippen LogP contribution in [0.4, 0.5) is 0 Å². The largest absolute Gasteiger partial charge is 0.478 e. The summed E-state index contributed by atoms with van der Waals surface area (Å²) in [5.41, 5.74) is 1.34.